The fourth-order valence-electron chi connectivity index (χ4n) is 3.67. The van der Waals surface area contributed by atoms with Gasteiger partial charge in [0, 0.05) is 9.50 Å². The van der Waals surface area contributed by atoms with Gasteiger partial charge < -0.3 is 0 Å². The van der Waals surface area contributed by atoms with Crippen LogP contribution in [0.3, 0.4) is 0 Å². The van der Waals surface area contributed by atoms with Crippen LogP contribution in [0.25, 0.3) is 27.0 Å². The first-order chi connectivity index (χ1) is 14.5. The molecule has 30 heavy (non-hydrogen) atoms. The third-order valence-electron chi connectivity index (χ3n) is 5.00. The maximum Gasteiger partial charge on any atom is 0.261 e. The summed E-state index contributed by atoms with van der Waals surface area (Å²) < 4.78 is 5.51. The Kier molecular flexibility index (Phi) is 5.11. The van der Waals surface area contributed by atoms with Gasteiger partial charge in [0.1, 0.15) is 5.65 Å². The third-order valence-corrected chi connectivity index (χ3v) is 7.16. The van der Waals surface area contributed by atoms with Crippen LogP contribution < -0.4 is 5.56 Å². The number of hydrogen-bond acceptors (Lipinski definition) is 3. The summed E-state index contributed by atoms with van der Waals surface area (Å²) in [5.41, 5.74) is 3.60. The predicted octanol–water partition coefficient (Wildman–Crippen LogP) is 7.18. The van der Waals surface area contributed by atoms with Gasteiger partial charge in [-0.15, -0.1) is 11.3 Å². The smallest absolute Gasteiger partial charge is 0.261 e. The minimum atomic E-state index is -0.0337. The molecule has 0 spiro atoms. The minimum absolute atomic E-state index is 0.0337. The van der Waals surface area contributed by atoms with E-state index >= 15 is 0 Å². The lowest BCUT2D eigenvalue weighted by Crippen LogP contribution is -2.23. The summed E-state index contributed by atoms with van der Waals surface area (Å²) >= 11 is 16.9. The maximum absolute atomic E-state index is 13.6. The van der Waals surface area contributed by atoms with Crippen molar-refractivity contribution >= 4 is 67.6 Å². The Hall–Kier alpha value is -2.25. The van der Waals surface area contributed by atoms with Crippen LogP contribution in [0.15, 0.2) is 82.1 Å². The first kappa shape index (κ1) is 19.7. The Morgan fingerprint density at radius 1 is 1.00 bits per heavy atom. The highest BCUT2D eigenvalue weighted by molar-refractivity contribution is 9.10. The fraction of sp³-hybridized carbons (Fsp3) is 0.0435. The SMILES string of the molecule is O=c1c2ccccc2n2c(=S)sc(-c3ccc(Cl)cc3)c2n1Cc1cccc(Br)c1. The Bertz CT molecular complexity index is 1530. The van der Waals surface area contributed by atoms with E-state index in [4.69, 9.17) is 23.8 Å². The van der Waals surface area contributed by atoms with Crippen molar-refractivity contribution in [3.05, 3.63) is 102 Å². The van der Waals surface area contributed by atoms with Gasteiger partial charge in [0.25, 0.3) is 5.56 Å². The second-order valence-corrected chi connectivity index (χ2v) is 9.90. The molecule has 3 aromatic carbocycles. The van der Waals surface area contributed by atoms with Gasteiger partial charge in [-0.05, 0) is 59.7 Å². The standard InChI is InChI=1S/C23H14BrClN2OS2/c24-16-5-3-4-14(12-16)13-26-21-20(15-8-10-17(25)11-9-15)30-23(29)27(21)19-7-2-1-6-18(19)22(26)28/h1-12H,13H2. The number of rotatable bonds is 3. The summed E-state index contributed by atoms with van der Waals surface area (Å²) in [6.45, 7) is 0.443. The van der Waals surface area contributed by atoms with Crippen LogP contribution in [0.1, 0.15) is 5.56 Å². The molecule has 148 valence electrons. The molecule has 0 saturated carbocycles. The van der Waals surface area contributed by atoms with Crippen LogP contribution in [0.2, 0.25) is 5.02 Å². The lowest BCUT2D eigenvalue weighted by atomic mass is 10.1. The van der Waals surface area contributed by atoms with Crippen LogP contribution in [-0.2, 0) is 6.54 Å². The first-order valence-electron chi connectivity index (χ1n) is 9.20. The molecular weight excluding hydrogens is 500 g/mol. The van der Waals surface area contributed by atoms with Crippen LogP contribution in [-0.4, -0.2) is 8.97 Å². The summed E-state index contributed by atoms with van der Waals surface area (Å²) in [6, 6.07) is 23.3. The minimum Gasteiger partial charge on any atom is -0.288 e. The lowest BCUT2D eigenvalue weighted by molar-refractivity contribution is 0.780. The fourth-order valence-corrected chi connectivity index (χ4v) is 5.67. The van der Waals surface area contributed by atoms with Crippen molar-refractivity contribution in [1.82, 2.24) is 8.97 Å². The molecule has 5 aromatic rings. The van der Waals surface area contributed by atoms with E-state index in [2.05, 4.69) is 15.9 Å². The van der Waals surface area contributed by atoms with Crippen molar-refractivity contribution in [2.45, 2.75) is 6.54 Å². The van der Waals surface area contributed by atoms with E-state index in [1.54, 1.807) is 0 Å². The summed E-state index contributed by atoms with van der Waals surface area (Å²) in [7, 11) is 0. The molecule has 2 aromatic heterocycles. The Morgan fingerprint density at radius 2 is 1.77 bits per heavy atom. The number of aromatic nitrogens is 2. The van der Waals surface area contributed by atoms with Gasteiger partial charge in [-0.3, -0.25) is 13.8 Å². The van der Waals surface area contributed by atoms with Crippen molar-refractivity contribution in [2.75, 3.05) is 0 Å². The van der Waals surface area contributed by atoms with Gasteiger partial charge in [0.15, 0.2) is 3.95 Å². The van der Waals surface area contributed by atoms with Gasteiger partial charge in [-0.1, -0.05) is 63.9 Å². The van der Waals surface area contributed by atoms with E-state index in [9.17, 15) is 4.79 Å². The number of fused-ring (bicyclic) bond motifs is 3. The highest BCUT2D eigenvalue weighted by Crippen LogP contribution is 2.34. The number of benzene rings is 3. The van der Waals surface area contributed by atoms with Crippen molar-refractivity contribution in [3.63, 3.8) is 0 Å². The highest BCUT2D eigenvalue weighted by atomic mass is 79.9. The zero-order chi connectivity index (χ0) is 20.8. The van der Waals surface area contributed by atoms with E-state index in [1.165, 1.54) is 11.3 Å². The van der Waals surface area contributed by atoms with E-state index in [1.807, 2.05) is 81.8 Å². The molecule has 0 saturated heterocycles. The summed E-state index contributed by atoms with van der Waals surface area (Å²) in [6.07, 6.45) is 0. The van der Waals surface area contributed by atoms with E-state index in [-0.39, 0.29) is 5.56 Å². The molecule has 0 N–H and O–H groups in total. The molecule has 0 amide bonds. The van der Waals surface area contributed by atoms with Gasteiger partial charge in [0.2, 0.25) is 0 Å². The summed E-state index contributed by atoms with van der Waals surface area (Å²) in [5, 5.41) is 1.32. The Morgan fingerprint density at radius 3 is 2.53 bits per heavy atom. The second-order valence-electron chi connectivity index (χ2n) is 6.90. The van der Waals surface area contributed by atoms with Crippen LogP contribution in [0.5, 0.6) is 0 Å². The quantitative estimate of drug-likeness (QED) is 0.239. The third kappa shape index (κ3) is 3.34. The molecule has 0 atom stereocenters. The number of nitrogens with zero attached hydrogens (tertiary/aromatic N) is 2. The van der Waals surface area contributed by atoms with Gasteiger partial charge >= 0.3 is 0 Å². The van der Waals surface area contributed by atoms with Crippen LogP contribution >= 0.6 is 51.1 Å². The largest absolute Gasteiger partial charge is 0.288 e. The van der Waals surface area contributed by atoms with Crippen LogP contribution in [0.4, 0.5) is 0 Å². The van der Waals surface area contributed by atoms with Crippen molar-refractivity contribution < 1.29 is 0 Å². The van der Waals surface area contributed by atoms with Crippen LogP contribution in [0, 0.1) is 3.95 Å². The van der Waals surface area contributed by atoms with Gasteiger partial charge in [-0.2, -0.15) is 0 Å². The maximum atomic E-state index is 13.6. The number of para-hydroxylation sites is 1. The van der Waals surface area contributed by atoms with Crippen molar-refractivity contribution in [2.24, 2.45) is 0 Å². The molecule has 0 unspecified atom stereocenters. The molecule has 0 radical (unpaired) electrons. The second kappa shape index (κ2) is 7.78. The molecule has 0 aliphatic carbocycles. The highest BCUT2D eigenvalue weighted by Gasteiger charge is 2.18. The predicted molar refractivity (Wildman–Crippen MR) is 132 cm³/mol. The van der Waals surface area contributed by atoms with E-state index in [0.717, 1.165) is 31.6 Å². The molecule has 3 nitrogen and oxygen atoms in total. The topological polar surface area (TPSA) is 26.4 Å². The molecule has 0 aliphatic heterocycles. The zero-order valence-electron chi connectivity index (χ0n) is 15.5. The van der Waals surface area contributed by atoms with Crippen molar-refractivity contribution in [1.29, 1.82) is 0 Å². The van der Waals surface area contributed by atoms with Gasteiger partial charge in [-0.25, -0.2) is 0 Å². The van der Waals surface area contributed by atoms with E-state index < -0.39 is 0 Å². The number of halogens is 2. The normalized spacial score (nSPS) is 11.4. The molecule has 2 heterocycles. The molecule has 5 rings (SSSR count). The molecule has 0 fully saturated rings. The van der Waals surface area contributed by atoms with Gasteiger partial charge in [0.05, 0.1) is 22.3 Å². The monoisotopic (exact) mass is 512 g/mol. The average Bonchev–Trinajstić information content (AvgIpc) is 3.09. The Labute approximate surface area is 194 Å². The lowest BCUT2D eigenvalue weighted by Gasteiger charge is -2.14. The first-order valence-corrected chi connectivity index (χ1v) is 11.6. The van der Waals surface area contributed by atoms with E-state index in [0.29, 0.717) is 20.9 Å². The van der Waals surface area contributed by atoms with Crippen molar-refractivity contribution in [3.8, 4) is 10.4 Å². The summed E-state index contributed by atoms with van der Waals surface area (Å²) in [4.78, 5) is 14.5. The zero-order valence-corrected chi connectivity index (χ0v) is 19.5. The molecular formula is C23H14BrClN2OS2. The average molecular weight is 514 g/mol. The number of thiazole rings is 1. The Balaban J connectivity index is 1.90. The molecule has 0 aliphatic rings. The molecule has 0 bridgehead atoms. The molecule has 7 heteroatoms. The number of hydrogen-bond donors (Lipinski definition) is 0. The summed E-state index contributed by atoms with van der Waals surface area (Å²) in [5.74, 6) is 0.